The summed E-state index contributed by atoms with van der Waals surface area (Å²) in [5.74, 6) is 0.911. The van der Waals surface area contributed by atoms with Crippen molar-refractivity contribution in [3.63, 3.8) is 0 Å². The Balaban J connectivity index is 2.20. The maximum Gasteiger partial charge on any atom is 0.126 e. The second kappa shape index (κ2) is 5.88. The van der Waals surface area contributed by atoms with E-state index in [1.165, 1.54) is 15.8 Å². The summed E-state index contributed by atoms with van der Waals surface area (Å²) in [5, 5.41) is 4.46. The lowest BCUT2D eigenvalue weighted by molar-refractivity contribution is 0.419. The molecule has 0 bridgehead atoms. The van der Waals surface area contributed by atoms with Crippen LogP contribution in [0, 0.1) is 0 Å². The molecule has 3 rings (SSSR count). The first-order valence-electron chi connectivity index (χ1n) is 6.15. The SMILES string of the molecule is COc1ccc(C(Br)c2sccc2Br)c2ccccc12. The largest absolute Gasteiger partial charge is 0.496 e. The van der Waals surface area contributed by atoms with Crippen LogP contribution in [0.5, 0.6) is 5.75 Å². The molecule has 1 atom stereocenters. The molecule has 0 saturated heterocycles. The maximum absolute atomic E-state index is 5.45. The van der Waals surface area contributed by atoms with Gasteiger partial charge in [0.2, 0.25) is 0 Å². The van der Waals surface area contributed by atoms with Crippen LogP contribution in [0.2, 0.25) is 0 Å². The summed E-state index contributed by atoms with van der Waals surface area (Å²) in [6, 6.07) is 14.6. The number of halogens is 2. The van der Waals surface area contributed by atoms with E-state index in [0.717, 1.165) is 15.6 Å². The minimum Gasteiger partial charge on any atom is -0.496 e. The Labute approximate surface area is 138 Å². The smallest absolute Gasteiger partial charge is 0.126 e. The summed E-state index contributed by atoms with van der Waals surface area (Å²) in [6.07, 6.45) is 0. The van der Waals surface area contributed by atoms with Crippen molar-refractivity contribution in [3.8, 4) is 5.75 Å². The summed E-state index contributed by atoms with van der Waals surface area (Å²) in [6.45, 7) is 0. The van der Waals surface area contributed by atoms with Crippen molar-refractivity contribution in [1.82, 2.24) is 0 Å². The normalized spacial score (nSPS) is 12.6. The highest BCUT2D eigenvalue weighted by Crippen LogP contribution is 2.42. The van der Waals surface area contributed by atoms with E-state index in [9.17, 15) is 0 Å². The van der Waals surface area contributed by atoms with Crippen molar-refractivity contribution < 1.29 is 4.74 Å². The third-order valence-electron chi connectivity index (χ3n) is 3.29. The molecule has 2 aromatic carbocycles. The molecule has 0 aliphatic heterocycles. The third kappa shape index (κ3) is 2.41. The van der Waals surface area contributed by atoms with Gasteiger partial charge in [-0.1, -0.05) is 46.3 Å². The van der Waals surface area contributed by atoms with E-state index in [1.807, 2.05) is 12.1 Å². The Kier molecular flexibility index (Phi) is 4.15. The lowest BCUT2D eigenvalue weighted by atomic mass is 10.0. The van der Waals surface area contributed by atoms with E-state index in [-0.39, 0.29) is 4.83 Å². The Morgan fingerprint density at radius 1 is 1.05 bits per heavy atom. The van der Waals surface area contributed by atoms with E-state index in [4.69, 9.17) is 4.74 Å². The van der Waals surface area contributed by atoms with Gasteiger partial charge in [-0.05, 0) is 44.4 Å². The monoisotopic (exact) mass is 410 g/mol. The fraction of sp³-hybridized carbons (Fsp3) is 0.125. The number of benzene rings is 2. The molecule has 102 valence electrons. The van der Waals surface area contributed by atoms with Gasteiger partial charge in [-0.3, -0.25) is 0 Å². The molecule has 1 aromatic heterocycles. The van der Waals surface area contributed by atoms with Crippen molar-refractivity contribution in [1.29, 1.82) is 0 Å². The Hall–Kier alpha value is -0.840. The zero-order valence-corrected chi connectivity index (χ0v) is 14.8. The summed E-state index contributed by atoms with van der Waals surface area (Å²) >= 11 is 9.19. The van der Waals surface area contributed by atoms with Crippen molar-refractivity contribution in [2.24, 2.45) is 0 Å². The predicted molar refractivity (Wildman–Crippen MR) is 93.3 cm³/mol. The lowest BCUT2D eigenvalue weighted by Crippen LogP contribution is -1.94. The number of methoxy groups -OCH3 is 1. The van der Waals surface area contributed by atoms with Crippen LogP contribution in [0.15, 0.2) is 52.3 Å². The topological polar surface area (TPSA) is 9.23 Å². The molecule has 1 unspecified atom stereocenters. The highest BCUT2D eigenvalue weighted by molar-refractivity contribution is 9.11. The molecule has 0 aliphatic rings. The van der Waals surface area contributed by atoms with Gasteiger partial charge in [-0.25, -0.2) is 0 Å². The van der Waals surface area contributed by atoms with Crippen LogP contribution in [-0.2, 0) is 0 Å². The average molecular weight is 412 g/mol. The van der Waals surface area contributed by atoms with Crippen LogP contribution >= 0.6 is 43.2 Å². The molecule has 0 N–H and O–H groups in total. The second-order valence-corrected chi connectivity index (χ2v) is 7.12. The van der Waals surface area contributed by atoms with Gasteiger partial charge in [0.1, 0.15) is 5.75 Å². The Morgan fingerprint density at radius 3 is 2.45 bits per heavy atom. The van der Waals surface area contributed by atoms with Crippen LogP contribution in [-0.4, -0.2) is 7.11 Å². The van der Waals surface area contributed by atoms with Crippen LogP contribution in [0.3, 0.4) is 0 Å². The average Bonchev–Trinajstić information content (AvgIpc) is 2.91. The first-order valence-corrected chi connectivity index (χ1v) is 8.74. The molecule has 0 saturated carbocycles. The fourth-order valence-electron chi connectivity index (χ4n) is 2.32. The van der Waals surface area contributed by atoms with Gasteiger partial charge >= 0.3 is 0 Å². The summed E-state index contributed by atoms with van der Waals surface area (Å²) in [7, 11) is 1.71. The van der Waals surface area contributed by atoms with Gasteiger partial charge < -0.3 is 4.74 Å². The van der Waals surface area contributed by atoms with Crippen LogP contribution < -0.4 is 4.74 Å². The number of rotatable bonds is 3. The molecule has 0 fully saturated rings. The van der Waals surface area contributed by atoms with Crippen molar-refractivity contribution in [3.05, 3.63) is 62.8 Å². The Bertz CT molecular complexity index is 751. The first-order chi connectivity index (χ1) is 9.72. The molecule has 0 amide bonds. The highest BCUT2D eigenvalue weighted by atomic mass is 79.9. The van der Waals surface area contributed by atoms with E-state index < -0.39 is 0 Å². The van der Waals surface area contributed by atoms with Crippen molar-refractivity contribution in [2.45, 2.75) is 4.83 Å². The molecule has 0 radical (unpaired) electrons. The van der Waals surface area contributed by atoms with Gasteiger partial charge in [0.05, 0.1) is 11.9 Å². The van der Waals surface area contributed by atoms with Crippen LogP contribution in [0.4, 0.5) is 0 Å². The number of ether oxygens (including phenoxy) is 1. The third-order valence-corrected chi connectivity index (χ3v) is 6.48. The van der Waals surface area contributed by atoms with Crippen LogP contribution in [0.1, 0.15) is 15.3 Å². The molecule has 1 nitrogen and oxygen atoms in total. The molecule has 3 aromatic rings. The second-order valence-electron chi connectivity index (χ2n) is 4.40. The number of hydrogen-bond acceptors (Lipinski definition) is 2. The minimum absolute atomic E-state index is 0.174. The molecular formula is C16H12Br2OS. The summed E-state index contributed by atoms with van der Waals surface area (Å²) < 4.78 is 6.60. The standard InChI is InChI=1S/C16H12Br2OS/c1-19-14-7-6-12(10-4-2-3-5-11(10)14)15(18)16-13(17)8-9-20-16/h2-9,15H,1H3. The number of thiophene rings is 1. The maximum atomic E-state index is 5.45. The lowest BCUT2D eigenvalue weighted by Gasteiger charge is -2.14. The predicted octanol–water partition coefficient (Wildman–Crippen LogP) is 6.16. The summed E-state index contributed by atoms with van der Waals surface area (Å²) in [4.78, 5) is 1.45. The van der Waals surface area contributed by atoms with E-state index >= 15 is 0 Å². The highest BCUT2D eigenvalue weighted by Gasteiger charge is 2.18. The zero-order valence-electron chi connectivity index (χ0n) is 10.8. The molecule has 0 spiro atoms. The van der Waals surface area contributed by atoms with E-state index in [0.29, 0.717) is 0 Å². The zero-order chi connectivity index (χ0) is 14.1. The Morgan fingerprint density at radius 2 is 1.80 bits per heavy atom. The number of alkyl halides is 1. The van der Waals surface area contributed by atoms with E-state index in [2.05, 4.69) is 67.6 Å². The molecular weight excluding hydrogens is 400 g/mol. The van der Waals surface area contributed by atoms with Gasteiger partial charge in [-0.2, -0.15) is 0 Å². The molecule has 20 heavy (non-hydrogen) atoms. The molecule has 4 heteroatoms. The van der Waals surface area contributed by atoms with Gasteiger partial charge in [0.15, 0.2) is 0 Å². The first kappa shape index (κ1) is 14.1. The quantitative estimate of drug-likeness (QED) is 0.469. The van der Waals surface area contributed by atoms with Crippen molar-refractivity contribution in [2.75, 3.05) is 7.11 Å². The molecule has 1 heterocycles. The van der Waals surface area contributed by atoms with Gasteiger partial charge in [0, 0.05) is 14.7 Å². The van der Waals surface area contributed by atoms with Crippen molar-refractivity contribution >= 4 is 54.0 Å². The number of hydrogen-bond donors (Lipinski definition) is 0. The minimum atomic E-state index is 0.174. The summed E-state index contributed by atoms with van der Waals surface area (Å²) in [5.41, 5.74) is 1.25. The van der Waals surface area contributed by atoms with Gasteiger partial charge in [0.25, 0.3) is 0 Å². The molecule has 0 aliphatic carbocycles. The van der Waals surface area contributed by atoms with Gasteiger partial charge in [-0.15, -0.1) is 11.3 Å². The number of fused-ring (bicyclic) bond motifs is 1. The fourth-order valence-corrected chi connectivity index (χ4v) is 5.19. The van der Waals surface area contributed by atoms with E-state index in [1.54, 1.807) is 18.4 Å². The van der Waals surface area contributed by atoms with Crippen LogP contribution in [0.25, 0.3) is 10.8 Å².